The molecule has 0 aliphatic rings. The average Bonchev–Trinajstić information content (AvgIpc) is 3.12. The van der Waals surface area contributed by atoms with Crippen molar-refractivity contribution in [2.45, 2.75) is 52.9 Å². The highest BCUT2D eigenvalue weighted by molar-refractivity contribution is 5.89. The van der Waals surface area contributed by atoms with Gasteiger partial charge in [0, 0.05) is 12.5 Å². The van der Waals surface area contributed by atoms with E-state index in [4.69, 9.17) is 9.26 Å². The van der Waals surface area contributed by atoms with Crippen molar-refractivity contribution < 1.29 is 14.1 Å². The van der Waals surface area contributed by atoms with E-state index in [1.807, 2.05) is 37.3 Å². The number of rotatable bonds is 10. The molecule has 0 spiro atoms. The topological polar surface area (TPSA) is 52.3 Å². The fourth-order valence-corrected chi connectivity index (χ4v) is 2.71. The van der Waals surface area contributed by atoms with Gasteiger partial charge in [0.2, 0.25) is 0 Å². The summed E-state index contributed by atoms with van der Waals surface area (Å²) in [5, 5.41) is 4.10. The second-order valence-electron chi connectivity index (χ2n) is 6.59. The molecule has 0 atom stereocenters. The fraction of sp³-hybridized carbons (Fsp3) is 0.391. The van der Waals surface area contributed by atoms with E-state index in [2.05, 4.69) is 18.2 Å². The van der Waals surface area contributed by atoms with Crippen molar-refractivity contribution in [2.24, 2.45) is 0 Å². The highest BCUT2D eigenvalue weighted by atomic mass is 16.5. The van der Waals surface area contributed by atoms with Gasteiger partial charge in [-0.3, -0.25) is 0 Å². The molecule has 27 heavy (non-hydrogen) atoms. The summed E-state index contributed by atoms with van der Waals surface area (Å²) in [5.74, 6) is 0.656. The van der Waals surface area contributed by atoms with Crippen molar-refractivity contribution >= 4 is 18.1 Å². The second kappa shape index (κ2) is 11.2. The third-order valence-electron chi connectivity index (χ3n) is 4.19. The summed E-state index contributed by atoms with van der Waals surface area (Å²) >= 11 is 0. The lowest BCUT2D eigenvalue weighted by Crippen LogP contribution is -2.03. The predicted molar refractivity (Wildman–Crippen MR) is 109 cm³/mol. The quantitative estimate of drug-likeness (QED) is 0.290. The molecule has 0 fully saturated rings. The molecule has 2 aromatic rings. The maximum Gasteiger partial charge on any atom is 0.338 e. The van der Waals surface area contributed by atoms with E-state index in [0.29, 0.717) is 12.2 Å². The van der Waals surface area contributed by atoms with Crippen molar-refractivity contribution in [3.05, 3.63) is 64.6 Å². The summed E-state index contributed by atoms with van der Waals surface area (Å²) in [6, 6.07) is 9.39. The first kappa shape index (κ1) is 20.7. The van der Waals surface area contributed by atoms with Crippen LogP contribution < -0.4 is 0 Å². The summed E-state index contributed by atoms with van der Waals surface area (Å²) in [7, 11) is 0. The first-order chi connectivity index (χ1) is 13.1. The number of aromatic nitrogens is 1. The third kappa shape index (κ3) is 7.26. The molecule has 0 aliphatic heterocycles. The molecular formula is C23H29NO3. The zero-order valence-corrected chi connectivity index (χ0v) is 16.5. The molecule has 4 nitrogen and oxygen atoms in total. The molecule has 1 aromatic heterocycles. The molecule has 0 N–H and O–H groups in total. The van der Waals surface area contributed by atoms with Gasteiger partial charge in [0.05, 0.1) is 12.2 Å². The Balaban J connectivity index is 1.91. The van der Waals surface area contributed by atoms with Gasteiger partial charge in [-0.05, 0) is 44.0 Å². The lowest BCUT2D eigenvalue weighted by Gasteiger charge is -2.02. The van der Waals surface area contributed by atoms with Crippen LogP contribution in [0.1, 0.15) is 73.8 Å². The first-order valence-electron chi connectivity index (χ1n) is 9.71. The molecule has 0 unspecified atom stereocenters. The molecule has 1 aromatic carbocycles. The Bertz CT molecular complexity index is 769. The minimum atomic E-state index is -0.291. The number of nitrogens with zero attached hydrogens (tertiary/aromatic N) is 1. The Morgan fingerprint density at radius 2 is 1.93 bits per heavy atom. The summed E-state index contributed by atoms with van der Waals surface area (Å²) in [4.78, 5) is 11.7. The lowest BCUT2D eigenvalue weighted by molar-refractivity contribution is 0.0526. The van der Waals surface area contributed by atoms with Crippen LogP contribution in [-0.4, -0.2) is 17.7 Å². The molecule has 0 bridgehead atoms. The summed E-state index contributed by atoms with van der Waals surface area (Å²) in [5.41, 5.74) is 3.52. The summed E-state index contributed by atoms with van der Waals surface area (Å²) < 4.78 is 10.4. The largest absolute Gasteiger partial charge is 0.462 e. The van der Waals surface area contributed by atoms with Crippen molar-refractivity contribution in [2.75, 3.05) is 6.61 Å². The van der Waals surface area contributed by atoms with Gasteiger partial charge in [-0.25, -0.2) is 4.79 Å². The Morgan fingerprint density at radius 1 is 1.15 bits per heavy atom. The van der Waals surface area contributed by atoms with E-state index < -0.39 is 0 Å². The average molecular weight is 367 g/mol. The monoisotopic (exact) mass is 367 g/mol. The van der Waals surface area contributed by atoms with Gasteiger partial charge in [0.25, 0.3) is 0 Å². The normalized spacial score (nSPS) is 11.9. The van der Waals surface area contributed by atoms with E-state index in [9.17, 15) is 4.79 Å². The maximum absolute atomic E-state index is 11.7. The molecule has 2 rings (SSSR count). The van der Waals surface area contributed by atoms with Crippen LogP contribution in [0.5, 0.6) is 0 Å². The minimum absolute atomic E-state index is 0.291. The predicted octanol–water partition coefficient (Wildman–Crippen LogP) is 6.09. The van der Waals surface area contributed by atoms with Crippen LogP contribution in [0.15, 0.2) is 46.5 Å². The molecule has 1 heterocycles. The molecule has 0 radical (unpaired) electrons. The molecule has 0 saturated heterocycles. The molecule has 4 heteroatoms. The van der Waals surface area contributed by atoms with E-state index in [1.54, 1.807) is 19.1 Å². The second-order valence-corrected chi connectivity index (χ2v) is 6.59. The van der Waals surface area contributed by atoms with Crippen molar-refractivity contribution in [3.63, 3.8) is 0 Å². The van der Waals surface area contributed by atoms with Gasteiger partial charge in [-0.1, -0.05) is 61.2 Å². The van der Waals surface area contributed by atoms with Gasteiger partial charge in [0.1, 0.15) is 11.5 Å². The Hall–Kier alpha value is -2.62. The van der Waals surface area contributed by atoms with Gasteiger partial charge in [-0.15, -0.1) is 0 Å². The van der Waals surface area contributed by atoms with Crippen molar-refractivity contribution in [1.29, 1.82) is 0 Å². The number of hydrogen-bond acceptors (Lipinski definition) is 4. The summed E-state index contributed by atoms with van der Waals surface area (Å²) in [6.45, 7) is 6.42. The number of ether oxygens (including phenoxy) is 1. The van der Waals surface area contributed by atoms with Crippen LogP contribution in [0.3, 0.4) is 0 Å². The molecule has 0 saturated carbocycles. The SMILES string of the molecule is CCCCCCc1cc(/C=C/C(C)=C/c2ccc(C(=O)OCC)cc2)no1. The van der Waals surface area contributed by atoms with Gasteiger partial charge < -0.3 is 9.26 Å². The zero-order valence-electron chi connectivity index (χ0n) is 16.5. The summed E-state index contributed by atoms with van der Waals surface area (Å²) in [6.07, 6.45) is 11.9. The highest BCUT2D eigenvalue weighted by Crippen LogP contribution is 2.14. The van der Waals surface area contributed by atoms with Crippen LogP contribution in [0.25, 0.3) is 12.2 Å². The van der Waals surface area contributed by atoms with Crippen molar-refractivity contribution in [1.82, 2.24) is 5.16 Å². The number of carbonyl (C=O) groups excluding carboxylic acids is 1. The minimum Gasteiger partial charge on any atom is -0.462 e. The van der Waals surface area contributed by atoms with E-state index >= 15 is 0 Å². The van der Waals surface area contributed by atoms with E-state index in [-0.39, 0.29) is 5.97 Å². The fourth-order valence-electron chi connectivity index (χ4n) is 2.71. The molecule has 0 amide bonds. The van der Waals surface area contributed by atoms with Crippen molar-refractivity contribution in [3.8, 4) is 0 Å². The van der Waals surface area contributed by atoms with Crippen LogP contribution >= 0.6 is 0 Å². The number of aryl methyl sites for hydroxylation is 1. The maximum atomic E-state index is 11.7. The zero-order chi connectivity index (χ0) is 19.5. The number of unbranched alkanes of at least 4 members (excludes halogenated alkanes) is 3. The Labute approximate surface area is 161 Å². The van der Waals surface area contributed by atoms with E-state index in [1.165, 1.54) is 19.3 Å². The van der Waals surface area contributed by atoms with Gasteiger partial charge in [-0.2, -0.15) is 0 Å². The number of carbonyl (C=O) groups is 1. The first-order valence-corrected chi connectivity index (χ1v) is 9.71. The van der Waals surface area contributed by atoms with E-state index in [0.717, 1.165) is 35.4 Å². The third-order valence-corrected chi connectivity index (χ3v) is 4.19. The number of hydrogen-bond donors (Lipinski definition) is 0. The smallest absolute Gasteiger partial charge is 0.338 e. The van der Waals surface area contributed by atoms with Crippen LogP contribution in [0.4, 0.5) is 0 Å². The highest BCUT2D eigenvalue weighted by Gasteiger charge is 2.05. The van der Waals surface area contributed by atoms with Gasteiger partial charge >= 0.3 is 5.97 Å². The Kier molecular flexibility index (Phi) is 8.56. The molecule has 0 aliphatic carbocycles. The van der Waals surface area contributed by atoms with Gasteiger partial charge in [0.15, 0.2) is 0 Å². The Morgan fingerprint density at radius 3 is 2.63 bits per heavy atom. The molecule has 144 valence electrons. The van der Waals surface area contributed by atoms with Crippen LogP contribution in [-0.2, 0) is 11.2 Å². The number of esters is 1. The molecular weight excluding hydrogens is 338 g/mol. The lowest BCUT2D eigenvalue weighted by atomic mass is 10.1. The number of allylic oxidation sites excluding steroid dienone is 2. The van der Waals surface area contributed by atoms with Crippen LogP contribution in [0, 0.1) is 0 Å². The van der Waals surface area contributed by atoms with Crippen LogP contribution in [0.2, 0.25) is 0 Å². The number of benzene rings is 1. The standard InChI is InChI=1S/C23H29NO3/c1-4-6-7-8-9-22-17-21(24-27-22)15-10-18(3)16-19-11-13-20(14-12-19)23(25)26-5-2/h10-17H,4-9H2,1-3H3/b15-10+,18-16+.